The second kappa shape index (κ2) is 5.50. The van der Waals surface area contributed by atoms with Gasteiger partial charge < -0.3 is 0 Å². The maximum atomic E-state index is 5.21. The van der Waals surface area contributed by atoms with Crippen LogP contribution in [-0.2, 0) is 6.42 Å². The van der Waals surface area contributed by atoms with Gasteiger partial charge in [-0.15, -0.1) is 12.3 Å². The third kappa shape index (κ3) is 3.26. The van der Waals surface area contributed by atoms with Crippen LogP contribution in [-0.4, -0.2) is 0 Å². The van der Waals surface area contributed by atoms with E-state index in [1.54, 1.807) is 0 Å². The van der Waals surface area contributed by atoms with Crippen molar-refractivity contribution in [1.82, 2.24) is 0 Å². The molecule has 0 bridgehead atoms. The lowest BCUT2D eigenvalue weighted by Gasteiger charge is -2.05. The van der Waals surface area contributed by atoms with Gasteiger partial charge in [0.05, 0.1) is 0 Å². The van der Waals surface area contributed by atoms with E-state index in [1.165, 1.54) is 23.1 Å². The largest absolute Gasteiger partial charge is 0.120 e. The van der Waals surface area contributed by atoms with Gasteiger partial charge in [0, 0.05) is 6.42 Å². The van der Waals surface area contributed by atoms with Crippen LogP contribution in [0.3, 0.4) is 0 Å². The van der Waals surface area contributed by atoms with Crippen molar-refractivity contribution < 1.29 is 0 Å². The van der Waals surface area contributed by atoms with Crippen molar-refractivity contribution in [3.63, 3.8) is 0 Å². The van der Waals surface area contributed by atoms with E-state index in [1.807, 2.05) is 0 Å². The van der Waals surface area contributed by atoms with Crippen molar-refractivity contribution in [2.24, 2.45) is 0 Å². The van der Waals surface area contributed by atoms with Gasteiger partial charge >= 0.3 is 0 Å². The van der Waals surface area contributed by atoms with Crippen molar-refractivity contribution in [1.29, 1.82) is 0 Å². The lowest BCUT2D eigenvalue weighted by Crippen LogP contribution is -1.90. The summed E-state index contributed by atoms with van der Waals surface area (Å²) in [5, 5.41) is 0. The Morgan fingerprint density at radius 3 is 2.64 bits per heavy atom. The summed E-state index contributed by atoms with van der Waals surface area (Å²) < 4.78 is 0. The third-order valence-corrected chi connectivity index (χ3v) is 2.52. The monoisotopic (exact) mass is 186 g/mol. The Kier molecular flexibility index (Phi) is 4.26. The van der Waals surface area contributed by atoms with Crippen LogP contribution in [0.15, 0.2) is 18.2 Å². The Labute approximate surface area is 87.4 Å². The Balaban J connectivity index is 2.47. The molecule has 74 valence electrons. The number of hydrogen-bond acceptors (Lipinski definition) is 0. The molecule has 0 radical (unpaired) electrons. The number of terminal acetylenes is 1. The van der Waals surface area contributed by atoms with Crippen molar-refractivity contribution in [2.45, 2.75) is 39.5 Å². The van der Waals surface area contributed by atoms with Crippen LogP contribution >= 0.6 is 0 Å². The number of hydrogen-bond donors (Lipinski definition) is 0. The molecule has 0 aliphatic carbocycles. The Morgan fingerprint density at radius 2 is 2.00 bits per heavy atom. The molecule has 1 aromatic rings. The van der Waals surface area contributed by atoms with Gasteiger partial charge in [-0.05, 0) is 44.2 Å². The molecule has 0 atom stereocenters. The van der Waals surface area contributed by atoms with Gasteiger partial charge in [0.25, 0.3) is 0 Å². The molecule has 0 spiro atoms. The van der Waals surface area contributed by atoms with Crippen molar-refractivity contribution in [2.75, 3.05) is 0 Å². The minimum atomic E-state index is 0.908. The predicted molar refractivity (Wildman–Crippen MR) is 62.3 cm³/mol. The molecule has 0 aromatic heterocycles. The van der Waals surface area contributed by atoms with Gasteiger partial charge in [0.2, 0.25) is 0 Å². The first-order valence-electron chi connectivity index (χ1n) is 5.23. The van der Waals surface area contributed by atoms with Gasteiger partial charge in [-0.3, -0.25) is 0 Å². The number of benzene rings is 1. The van der Waals surface area contributed by atoms with E-state index in [0.29, 0.717) is 0 Å². The van der Waals surface area contributed by atoms with Crippen LogP contribution in [0.4, 0.5) is 0 Å². The lowest BCUT2D eigenvalue weighted by atomic mass is 10.0. The average Bonchev–Trinajstić information content (AvgIpc) is 2.15. The first-order chi connectivity index (χ1) is 6.74. The summed E-state index contributed by atoms with van der Waals surface area (Å²) in [7, 11) is 0. The fraction of sp³-hybridized carbons (Fsp3) is 0.429. The molecule has 1 rings (SSSR count). The Morgan fingerprint density at radius 1 is 1.21 bits per heavy atom. The second-order valence-corrected chi connectivity index (χ2v) is 3.84. The van der Waals surface area contributed by atoms with E-state index in [4.69, 9.17) is 6.42 Å². The zero-order valence-electron chi connectivity index (χ0n) is 9.14. The second-order valence-electron chi connectivity index (χ2n) is 3.84. The molecule has 0 fully saturated rings. The van der Waals surface area contributed by atoms with Crippen LogP contribution in [0.25, 0.3) is 0 Å². The Hall–Kier alpha value is -1.22. The minimum absolute atomic E-state index is 0.908. The van der Waals surface area contributed by atoms with Gasteiger partial charge in [-0.2, -0.15) is 0 Å². The standard InChI is InChI=1S/C14H18/c1-4-5-6-7-8-14-10-9-12(2)11-13(14)3/h1,9-11H,5-8H2,2-3H3. The summed E-state index contributed by atoms with van der Waals surface area (Å²) in [4.78, 5) is 0. The molecule has 0 aliphatic rings. The normalized spacial score (nSPS) is 9.79. The highest BCUT2D eigenvalue weighted by molar-refractivity contribution is 5.30. The number of rotatable bonds is 4. The molecule has 0 unspecified atom stereocenters. The van der Waals surface area contributed by atoms with E-state index < -0.39 is 0 Å². The molecular weight excluding hydrogens is 168 g/mol. The topological polar surface area (TPSA) is 0 Å². The smallest absolute Gasteiger partial charge is 0.00861 e. The summed E-state index contributed by atoms with van der Waals surface area (Å²) in [6.45, 7) is 4.32. The molecule has 0 aliphatic heterocycles. The zero-order chi connectivity index (χ0) is 10.4. The van der Waals surface area contributed by atoms with Crippen LogP contribution in [0.2, 0.25) is 0 Å². The number of aryl methyl sites for hydroxylation is 3. The van der Waals surface area contributed by atoms with Gasteiger partial charge in [0.15, 0.2) is 0 Å². The maximum Gasteiger partial charge on any atom is 0.00861 e. The van der Waals surface area contributed by atoms with E-state index >= 15 is 0 Å². The molecular formula is C14H18. The zero-order valence-corrected chi connectivity index (χ0v) is 9.14. The van der Waals surface area contributed by atoms with Gasteiger partial charge in [-0.1, -0.05) is 23.8 Å². The van der Waals surface area contributed by atoms with Crippen LogP contribution in [0.5, 0.6) is 0 Å². The molecule has 14 heavy (non-hydrogen) atoms. The van der Waals surface area contributed by atoms with Crippen molar-refractivity contribution >= 4 is 0 Å². The summed E-state index contributed by atoms with van der Waals surface area (Å²) in [5.74, 6) is 2.68. The quantitative estimate of drug-likeness (QED) is 0.497. The highest BCUT2D eigenvalue weighted by Gasteiger charge is 1.97. The molecule has 0 amide bonds. The van der Waals surface area contributed by atoms with Gasteiger partial charge in [-0.25, -0.2) is 0 Å². The molecule has 0 saturated heterocycles. The highest BCUT2D eigenvalue weighted by atomic mass is 14.0. The predicted octanol–water partition coefficient (Wildman–Crippen LogP) is 3.65. The van der Waals surface area contributed by atoms with Crippen LogP contribution in [0, 0.1) is 26.2 Å². The first-order valence-corrected chi connectivity index (χ1v) is 5.23. The third-order valence-electron chi connectivity index (χ3n) is 2.52. The lowest BCUT2D eigenvalue weighted by molar-refractivity contribution is 0.754. The van der Waals surface area contributed by atoms with Crippen molar-refractivity contribution in [3.8, 4) is 12.3 Å². The van der Waals surface area contributed by atoms with E-state index in [-0.39, 0.29) is 0 Å². The summed E-state index contributed by atoms with van der Waals surface area (Å²) in [6.07, 6.45) is 9.62. The highest BCUT2D eigenvalue weighted by Crippen LogP contribution is 2.13. The molecule has 0 heterocycles. The number of unbranched alkanes of at least 4 members (excludes halogenated alkanes) is 2. The molecule has 0 heteroatoms. The Bertz CT molecular complexity index is 328. The summed E-state index contributed by atoms with van der Waals surface area (Å²) in [6, 6.07) is 6.67. The fourth-order valence-corrected chi connectivity index (χ4v) is 1.67. The average molecular weight is 186 g/mol. The van der Waals surface area contributed by atoms with E-state index in [0.717, 1.165) is 19.3 Å². The molecule has 1 aromatic carbocycles. The molecule has 0 N–H and O–H groups in total. The van der Waals surface area contributed by atoms with E-state index in [9.17, 15) is 0 Å². The van der Waals surface area contributed by atoms with Crippen molar-refractivity contribution in [3.05, 3.63) is 34.9 Å². The molecule has 0 saturated carbocycles. The van der Waals surface area contributed by atoms with Gasteiger partial charge in [0.1, 0.15) is 0 Å². The summed E-state index contributed by atoms with van der Waals surface area (Å²) in [5.41, 5.74) is 4.22. The van der Waals surface area contributed by atoms with Crippen LogP contribution < -0.4 is 0 Å². The van der Waals surface area contributed by atoms with Crippen LogP contribution in [0.1, 0.15) is 36.0 Å². The maximum absolute atomic E-state index is 5.21. The summed E-state index contributed by atoms with van der Waals surface area (Å²) >= 11 is 0. The first kappa shape index (κ1) is 10.9. The fourth-order valence-electron chi connectivity index (χ4n) is 1.67. The SMILES string of the molecule is C#CCCCCc1ccc(C)cc1C. The molecule has 0 nitrogen and oxygen atoms in total. The van der Waals surface area contributed by atoms with E-state index in [2.05, 4.69) is 38.0 Å². The minimum Gasteiger partial charge on any atom is -0.120 e.